The predicted molar refractivity (Wildman–Crippen MR) is 62.7 cm³/mol. The summed E-state index contributed by atoms with van der Waals surface area (Å²) < 4.78 is 0. The van der Waals surface area contributed by atoms with E-state index in [-0.39, 0.29) is 11.9 Å². The van der Waals surface area contributed by atoms with Crippen LogP contribution in [-0.2, 0) is 4.79 Å². The molecule has 2 unspecified atom stereocenters. The second-order valence-electron chi connectivity index (χ2n) is 4.53. The summed E-state index contributed by atoms with van der Waals surface area (Å²) in [6, 6.07) is 2.16. The van der Waals surface area contributed by atoms with E-state index in [0.717, 1.165) is 25.9 Å². The molecule has 0 bridgehead atoms. The van der Waals surface area contributed by atoms with E-state index in [2.05, 4.69) is 19.9 Å². The molecule has 4 nitrogen and oxygen atoms in total. The lowest BCUT2D eigenvalue weighted by Gasteiger charge is -2.29. The summed E-state index contributed by atoms with van der Waals surface area (Å²) in [4.78, 5) is 16.2. The molecule has 0 N–H and O–H groups in total. The lowest BCUT2D eigenvalue weighted by atomic mass is 10.1. The molecule has 1 heterocycles. The number of amides is 1. The zero-order valence-corrected chi connectivity index (χ0v) is 10.4. The SMILES string of the molecule is CCCN1C(=O)C(CC#N)N(C)CCC1C. The molecule has 0 spiro atoms. The first-order valence-electron chi connectivity index (χ1n) is 5.99. The lowest BCUT2D eigenvalue weighted by Crippen LogP contribution is -2.46. The standard InChI is InChI=1S/C12H21N3O/c1-4-8-15-10(2)6-9-14(3)11(5-7-13)12(15)16/h10-11H,4-6,8-9H2,1-3H3. The maximum atomic E-state index is 12.3. The largest absolute Gasteiger partial charge is 0.339 e. The van der Waals surface area contributed by atoms with E-state index in [0.29, 0.717) is 12.5 Å². The number of nitriles is 1. The molecule has 2 atom stereocenters. The minimum atomic E-state index is -0.249. The molecule has 0 radical (unpaired) electrons. The Morgan fingerprint density at radius 3 is 2.81 bits per heavy atom. The van der Waals surface area contributed by atoms with E-state index in [1.807, 2.05) is 16.8 Å². The number of nitrogens with zero attached hydrogens (tertiary/aromatic N) is 3. The lowest BCUT2D eigenvalue weighted by molar-refractivity contribution is -0.136. The van der Waals surface area contributed by atoms with Crippen LogP contribution in [0.5, 0.6) is 0 Å². The van der Waals surface area contributed by atoms with E-state index in [4.69, 9.17) is 5.26 Å². The van der Waals surface area contributed by atoms with Crippen LogP contribution in [0.15, 0.2) is 0 Å². The van der Waals surface area contributed by atoms with Crippen LogP contribution in [0.2, 0.25) is 0 Å². The molecule has 0 aliphatic carbocycles. The molecule has 1 rings (SSSR count). The first-order chi connectivity index (χ1) is 7.61. The van der Waals surface area contributed by atoms with E-state index < -0.39 is 0 Å². The van der Waals surface area contributed by atoms with Crippen molar-refractivity contribution < 1.29 is 4.79 Å². The average Bonchev–Trinajstić information content (AvgIpc) is 2.36. The van der Waals surface area contributed by atoms with Crippen molar-refractivity contribution in [2.45, 2.75) is 45.2 Å². The van der Waals surface area contributed by atoms with Gasteiger partial charge in [-0.15, -0.1) is 0 Å². The van der Waals surface area contributed by atoms with Crippen molar-refractivity contribution in [2.24, 2.45) is 0 Å². The summed E-state index contributed by atoms with van der Waals surface area (Å²) in [6.45, 7) is 5.86. The quantitative estimate of drug-likeness (QED) is 0.723. The number of hydrogen-bond donors (Lipinski definition) is 0. The average molecular weight is 223 g/mol. The molecule has 4 heteroatoms. The van der Waals surface area contributed by atoms with Crippen LogP contribution < -0.4 is 0 Å². The Bertz CT molecular complexity index is 284. The third-order valence-electron chi connectivity index (χ3n) is 3.28. The minimum Gasteiger partial charge on any atom is -0.339 e. The highest BCUT2D eigenvalue weighted by Crippen LogP contribution is 2.17. The highest BCUT2D eigenvalue weighted by atomic mass is 16.2. The number of likely N-dealkylation sites (N-methyl/N-ethyl adjacent to an activating group) is 1. The van der Waals surface area contributed by atoms with Gasteiger partial charge < -0.3 is 4.90 Å². The van der Waals surface area contributed by atoms with E-state index in [1.165, 1.54) is 0 Å². The van der Waals surface area contributed by atoms with Gasteiger partial charge in [0.2, 0.25) is 5.91 Å². The van der Waals surface area contributed by atoms with Gasteiger partial charge in [0.1, 0.15) is 6.04 Å². The minimum absolute atomic E-state index is 0.121. The fraction of sp³-hybridized carbons (Fsp3) is 0.833. The smallest absolute Gasteiger partial charge is 0.241 e. The van der Waals surface area contributed by atoms with Crippen LogP contribution in [0.25, 0.3) is 0 Å². The van der Waals surface area contributed by atoms with Gasteiger partial charge in [0.25, 0.3) is 0 Å². The molecular weight excluding hydrogens is 202 g/mol. The Balaban J connectivity index is 2.84. The Morgan fingerprint density at radius 2 is 2.25 bits per heavy atom. The maximum absolute atomic E-state index is 12.3. The van der Waals surface area contributed by atoms with Crippen molar-refractivity contribution in [1.29, 1.82) is 5.26 Å². The number of hydrogen-bond acceptors (Lipinski definition) is 3. The molecule has 0 aromatic carbocycles. The summed E-state index contributed by atoms with van der Waals surface area (Å²) in [7, 11) is 1.93. The summed E-state index contributed by atoms with van der Waals surface area (Å²) in [6.07, 6.45) is 2.26. The molecule has 1 aliphatic rings. The molecule has 1 amide bonds. The molecule has 1 saturated heterocycles. The molecule has 1 aliphatic heterocycles. The van der Waals surface area contributed by atoms with Gasteiger partial charge in [-0.25, -0.2) is 0 Å². The Labute approximate surface area is 97.8 Å². The fourth-order valence-electron chi connectivity index (χ4n) is 2.20. The van der Waals surface area contributed by atoms with Crippen LogP contribution in [0.3, 0.4) is 0 Å². The highest BCUT2D eigenvalue weighted by Gasteiger charge is 2.33. The molecule has 1 fully saturated rings. The molecule has 16 heavy (non-hydrogen) atoms. The first kappa shape index (κ1) is 13.0. The second kappa shape index (κ2) is 5.86. The van der Waals surface area contributed by atoms with Crippen molar-refractivity contribution >= 4 is 5.91 Å². The molecular formula is C12H21N3O. The van der Waals surface area contributed by atoms with Crippen molar-refractivity contribution in [2.75, 3.05) is 20.1 Å². The third-order valence-corrected chi connectivity index (χ3v) is 3.28. The van der Waals surface area contributed by atoms with Gasteiger partial charge in [0.05, 0.1) is 12.5 Å². The van der Waals surface area contributed by atoms with Gasteiger partial charge in [-0.3, -0.25) is 9.69 Å². The normalized spacial score (nSPS) is 27.6. The van der Waals surface area contributed by atoms with Crippen LogP contribution in [0.4, 0.5) is 0 Å². The van der Waals surface area contributed by atoms with Gasteiger partial charge in [-0.1, -0.05) is 6.92 Å². The topological polar surface area (TPSA) is 47.3 Å². The third kappa shape index (κ3) is 2.73. The fourth-order valence-corrected chi connectivity index (χ4v) is 2.20. The predicted octanol–water partition coefficient (Wildman–Crippen LogP) is 1.23. The first-order valence-corrected chi connectivity index (χ1v) is 5.99. The molecule has 0 aromatic heterocycles. The zero-order chi connectivity index (χ0) is 12.1. The van der Waals surface area contributed by atoms with Crippen molar-refractivity contribution in [1.82, 2.24) is 9.80 Å². The summed E-state index contributed by atoms with van der Waals surface area (Å²) in [5, 5.41) is 8.78. The van der Waals surface area contributed by atoms with E-state index >= 15 is 0 Å². The number of rotatable bonds is 3. The van der Waals surface area contributed by atoms with Crippen LogP contribution in [0.1, 0.15) is 33.1 Å². The highest BCUT2D eigenvalue weighted by molar-refractivity contribution is 5.82. The van der Waals surface area contributed by atoms with Gasteiger partial charge in [0, 0.05) is 19.1 Å². The van der Waals surface area contributed by atoms with Gasteiger partial charge in [-0.2, -0.15) is 5.26 Å². The maximum Gasteiger partial charge on any atom is 0.241 e. The number of carbonyl (C=O) groups excluding carboxylic acids is 1. The molecule has 0 aromatic rings. The van der Waals surface area contributed by atoms with Gasteiger partial charge in [0.15, 0.2) is 0 Å². The Kier molecular flexibility index (Phi) is 4.75. The Morgan fingerprint density at radius 1 is 1.56 bits per heavy atom. The summed E-state index contributed by atoms with van der Waals surface area (Å²) in [5.41, 5.74) is 0. The zero-order valence-electron chi connectivity index (χ0n) is 10.4. The number of carbonyl (C=O) groups is 1. The summed E-state index contributed by atoms with van der Waals surface area (Å²) in [5.74, 6) is 0.121. The second-order valence-corrected chi connectivity index (χ2v) is 4.53. The van der Waals surface area contributed by atoms with Gasteiger partial charge in [-0.05, 0) is 26.8 Å². The van der Waals surface area contributed by atoms with Crippen molar-refractivity contribution in [3.8, 4) is 6.07 Å². The molecule has 90 valence electrons. The van der Waals surface area contributed by atoms with Crippen molar-refractivity contribution in [3.05, 3.63) is 0 Å². The van der Waals surface area contributed by atoms with E-state index in [1.54, 1.807) is 0 Å². The van der Waals surface area contributed by atoms with Crippen LogP contribution in [-0.4, -0.2) is 47.9 Å². The van der Waals surface area contributed by atoms with E-state index in [9.17, 15) is 4.79 Å². The van der Waals surface area contributed by atoms with Crippen LogP contribution >= 0.6 is 0 Å². The Hall–Kier alpha value is -1.08. The van der Waals surface area contributed by atoms with Crippen molar-refractivity contribution in [3.63, 3.8) is 0 Å². The molecule has 0 saturated carbocycles. The monoisotopic (exact) mass is 223 g/mol. The van der Waals surface area contributed by atoms with Gasteiger partial charge >= 0.3 is 0 Å². The summed E-state index contributed by atoms with van der Waals surface area (Å²) >= 11 is 0. The van der Waals surface area contributed by atoms with Crippen LogP contribution in [0, 0.1) is 11.3 Å².